The van der Waals surface area contributed by atoms with Crippen LogP contribution in [0.2, 0.25) is 0 Å². The van der Waals surface area contributed by atoms with Crippen LogP contribution in [0.25, 0.3) is 10.2 Å². The van der Waals surface area contributed by atoms with Crippen LogP contribution in [0.15, 0.2) is 36.0 Å². The number of carbonyl (C=O) groups is 1. The van der Waals surface area contributed by atoms with Crippen molar-refractivity contribution in [3.8, 4) is 5.88 Å². The molecule has 5 nitrogen and oxygen atoms in total. The molecular formula is C18H19N3O2S. The van der Waals surface area contributed by atoms with Crippen LogP contribution in [0.1, 0.15) is 29.7 Å². The lowest BCUT2D eigenvalue weighted by atomic mass is 10.0. The second-order valence-electron chi connectivity index (χ2n) is 5.74. The Morgan fingerprint density at radius 3 is 2.88 bits per heavy atom. The molecule has 0 spiro atoms. The van der Waals surface area contributed by atoms with Gasteiger partial charge in [-0.3, -0.25) is 4.79 Å². The van der Waals surface area contributed by atoms with E-state index < -0.39 is 0 Å². The van der Waals surface area contributed by atoms with Crippen molar-refractivity contribution in [2.45, 2.75) is 26.8 Å². The van der Waals surface area contributed by atoms with Gasteiger partial charge in [0.05, 0.1) is 11.4 Å². The van der Waals surface area contributed by atoms with Crippen LogP contribution in [-0.4, -0.2) is 22.5 Å². The fourth-order valence-electron chi connectivity index (χ4n) is 2.42. The van der Waals surface area contributed by atoms with Gasteiger partial charge in [-0.15, -0.1) is 11.3 Å². The third kappa shape index (κ3) is 3.54. The fraction of sp³-hybridized carbons (Fsp3) is 0.278. The third-order valence-electron chi connectivity index (χ3n) is 3.97. The topological polar surface area (TPSA) is 64.1 Å². The maximum atomic E-state index is 12.1. The minimum atomic E-state index is -0.178. The highest BCUT2D eigenvalue weighted by Crippen LogP contribution is 2.25. The number of rotatable bonds is 5. The second kappa shape index (κ2) is 6.97. The van der Waals surface area contributed by atoms with E-state index in [1.807, 2.05) is 24.4 Å². The number of hydrogen-bond donors (Lipinski definition) is 1. The average molecular weight is 341 g/mol. The maximum Gasteiger partial charge on any atom is 0.258 e. The number of carbonyl (C=O) groups excluding carboxylic acids is 1. The van der Waals surface area contributed by atoms with E-state index in [-0.39, 0.29) is 18.6 Å². The van der Waals surface area contributed by atoms with E-state index in [0.717, 1.165) is 15.8 Å². The smallest absolute Gasteiger partial charge is 0.258 e. The molecule has 0 unspecified atom stereocenters. The molecule has 6 heteroatoms. The zero-order chi connectivity index (χ0) is 17.1. The zero-order valence-corrected chi connectivity index (χ0v) is 14.7. The van der Waals surface area contributed by atoms with Gasteiger partial charge in [0.25, 0.3) is 5.91 Å². The van der Waals surface area contributed by atoms with Gasteiger partial charge in [0.15, 0.2) is 6.61 Å². The molecule has 1 amide bonds. The Morgan fingerprint density at radius 2 is 2.08 bits per heavy atom. The summed E-state index contributed by atoms with van der Waals surface area (Å²) in [5.74, 6) is 0.262. The van der Waals surface area contributed by atoms with Gasteiger partial charge in [0.1, 0.15) is 11.2 Å². The number of hydrogen-bond acceptors (Lipinski definition) is 5. The van der Waals surface area contributed by atoms with E-state index in [1.165, 1.54) is 28.8 Å². The first kappa shape index (κ1) is 16.4. The van der Waals surface area contributed by atoms with Gasteiger partial charge in [-0.05, 0) is 48.9 Å². The number of amides is 1. The Kier molecular flexibility index (Phi) is 4.76. The Labute approximate surface area is 144 Å². The lowest BCUT2D eigenvalue weighted by molar-refractivity contribution is -0.123. The monoisotopic (exact) mass is 341 g/mol. The Morgan fingerprint density at radius 1 is 1.25 bits per heavy atom. The number of nitrogens with zero attached hydrogens (tertiary/aromatic N) is 2. The molecule has 1 atom stereocenters. The fourth-order valence-corrected chi connectivity index (χ4v) is 3.14. The normalized spacial score (nSPS) is 12.1. The Hall–Kier alpha value is -2.47. The molecule has 3 aromatic rings. The van der Waals surface area contributed by atoms with Crippen LogP contribution >= 0.6 is 11.3 Å². The van der Waals surface area contributed by atoms with Crippen molar-refractivity contribution in [3.05, 3.63) is 52.7 Å². The van der Waals surface area contributed by atoms with Crippen molar-refractivity contribution < 1.29 is 9.53 Å². The van der Waals surface area contributed by atoms with Crippen LogP contribution in [0.4, 0.5) is 0 Å². The van der Waals surface area contributed by atoms with Crippen LogP contribution in [-0.2, 0) is 4.79 Å². The molecule has 0 aliphatic rings. The van der Waals surface area contributed by atoms with Crippen molar-refractivity contribution in [2.75, 3.05) is 6.61 Å². The highest BCUT2D eigenvalue weighted by atomic mass is 32.1. The summed E-state index contributed by atoms with van der Waals surface area (Å²) in [6.07, 6.45) is 1.45. The molecule has 2 aromatic heterocycles. The Balaban J connectivity index is 1.61. The van der Waals surface area contributed by atoms with E-state index in [4.69, 9.17) is 4.74 Å². The highest BCUT2D eigenvalue weighted by Gasteiger charge is 2.12. The molecule has 0 radical (unpaired) electrons. The lowest BCUT2D eigenvalue weighted by Gasteiger charge is -2.16. The summed E-state index contributed by atoms with van der Waals surface area (Å²) < 4.78 is 5.56. The van der Waals surface area contributed by atoms with Crippen molar-refractivity contribution in [1.29, 1.82) is 0 Å². The van der Waals surface area contributed by atoms with Gasteiger partial charge in [-0.1, -0.05) is 18.2 Å². The van der Waals surface area contributed by atoms with Crippen LogP contribution < -0.4 is 10.1 Å². The van der Waals surface area contributed by atoms with Gasteiger partial charge in [0, 0.05) is 0 Å². The van der Waals surface area contributed by atoms with Gasteiger partial charge >= 0.3 is 0 Å². The van der Waals surface area contributed by atoms with Crippen molar-refractivity contribution in [3.63, 3.8) is 0 Å². The SMILES string of the molecule is Cc1ccc([C@@H](C)NC(=O)COc2ncnc3sccc23)cc1C. The maximum absolute atomic E-state index is 12.1. The minimum absolute atomic E-state index is 0.0723. The number of thiophene rings is 1. The molecule has 24 heavy (non-hydrogen) atoms. The van der Waals surface area contributed by atoms with Crippen LogP contribution in [0.5, 0.6) is 5.88 Å². The summed E-state index contributed by atoms with van der Waals surface area (Å²) in [6, 6.07) is 8.02. The number of aromatic nitrogens is 2. The largest absolute Gasteiger partial charge is 0.467 e. The van der Waals surface area contributed by atoms with E-state index in [1.54, 1.807) is 0 Å². The molecule has 0 aliphatic heterocycles. The summed E-state index contributed by atoms with van der Waals surface area (Å²) in [5.41, 5.74) is 3.53. The van der Waals surface area contributed by atoms with E-state index >= 15 is 0 Å². The molecule has 2 heterocycles. The average Bonchev–Trinajstić information content (AvgIpc) is 3.04. The summed E-state index contributed by atoms with van der Waals surface area (Å²) in [7, 11) is 0. The third-order valence-corrected chi connectivity index (χ3v) is 4.79. The molecule has 0 saturated carbocycles. The number of nitrogens with one attached hydrogen (secondary N) is 1. The van der Waals surface area contributed by atoms with Crippen molar-refractivity contribution in [1.82, 2.24) is 15.3 Å². The van der Waals surface area contributed by atoms with Gasteiger partial charge in [0.2, 0.25) is 5.88 Å². The van der Waals surface area contributed by atoms with Crippen molar-refractivity contribution in [2.24, 2.45) is 0 Å². The number of benzene rings is 1. The predicted octanol–water partition coefficient (Wildman–Crippen LogP) is 3.56. The molecule has 1 N–H and O–H groups in total. The lowest BCUT2D eigenvalue weighted by Crippen LogP contribution is -2.31. The minimum Gasteiger partial charge on any atom is -0.467 e. The summed E-state index contributed by atoms with van der Waals surface area (Å²) in [5, 5.41) is 5.71. The molecule has 0 bridgehead atoms. The molecule has 0 fully saturated rings. The van der Waals surface area contributed by atoms with Crippen molar-refractivity contribution >= 4 is 27.5 Å². The summed E-state index contributed by atoms with van der Waals surface area (Å²) in [6.45, 7) is 6.03. The van der Waals surface area contributed by atoms with E-state index in [9.17, 15) is 4.79 Å². The number of aryl methyl sites for hydroxylation is 2. The molecular weight excluding hydrogens is 322 g/mol. The first-order valence-electron chi connectivity index (χ1n) is 7.72. The summed E-state index contributed by atoms with van der Waals surface area (Å²) >= 11 is 1.51. The van der Waals surface area contributed by atoms with Gasteiger partial charge in [-0.2, -0.15) is 0 Å². The molecule has 0 saturated heterocycles. The highest BCUT2D eigenvalue weighted by molar-refractivity contribution is 7.16. The van der Waals surface area contributed by atoms with Crippen LogP contribution in [0.3, 0.4) is 0 Å². The standard InChI is InChI=1S/C18H19N3O2S/c1-11-4-5-14(8-12(11)2)13(3)21-16(22)9-23-17-15-6-7-24-18(15)20-10-19-17/h4-8,10,13H,9H2,1-3H3,(H,21,22)/t13-/m1/s1. The van der Waals surface area contributed by atoms with E-state index in [2.05, 4.69) is 41.3 Å². The number of ether oxygens (including phenoxy) is 1. The molecule has 0 aliphatic carbocycles. The quantitative estimate of drug-likeness (QED) is 0.770. The first-order chi connectivity index (χ1) is 11.5. The first-order valence-corrected chi connectivity index (χ1v) is 8.60. The van der Waals surface area contributed by atoms with E-state index in [0.29, 0.717) is 5.88 Å². The number of fused-ring (bicyclic) bond motifs is 1. The molecule has 1 aromatic carbocycles. The zero-order valence-electron chi connectivity index (χ0n) is 13.9. The molecule has 3 rings (SSSR count). The summed E-state index contributed by atoms with van der Waals surface area (Å²) in [4.78, 5) is 21.3. The predicted molar refractivity (Wildman–Crippen MR) is 95.4 cm³/mol. The van der Waals surface area contributed by atoms with Gasteiger partial charge < -0.3 is 10.1 Å². The van der Waals surface area contributed by atoms with Crippen LogP contribution in [0, 0.1) is 13.8 Å². The second-order valence-corrected chi connectivity index (χ2v) is 6.63. The molecule has 124 valence electrons. The Bertz CT molecular complexity index is 876. The van der Waals surface area contributed by atoms with Gasteiger partial charge in [-0.25, -0.2) is 9.97 Å².